The second-order valence-electron chi connectivity index (χ2n) is 6.32. The molecule has 0 aliphatic carbocycles. The number of hydrogen-bond acceptors (Lipinski definition) is 3. The summed E-state index contributed by atoms with van der Waals surface area (Å²) in [5, 5.41) is 4.75. The minimum atomic E-state index is -0.181. The van der Waals surface area contributed by atoms with Crippen LogP contribution < -0.4 is 5.32 Å². The van der Waals surface area contributed by atoms with Gasteiger partial charge in [0.15, 0.2) is 0 Å². The molecule has 1 aromatic heterocycles. The lowest BCUT2D eigenvalue weighted by Gasteiger charge is -2.28. The molecule has 0 fully saturated rings. The van der Waals surface area contributed by atoms with Crippen molar-refractivity contribution in [3.63, 3.8) is 0 Å². The van der Waals surface area contributed by atoms with Gasteiger partial charge in [-0.3, -0.25) is 0 Å². The number of furan rings is 1. The Morgan fingerprint density at radius 1 is 1.33 bits per heavy atom. The molecular weight excluding hydrogens is 262 g/mol. The van der Waals surface area contributed by atoms with E-state index in [0.29, 0.717) is 0 Å². The SMILES string of the molecule is CCCNC(CC(C)(C)OC)c1cc2cccc(C)c2o1. The Morgan fingerprint density at radius 2 is 2.10 bits per heavy atom. The molecular formula is C18H27NO2. The van der Waals surface area contributed by atoms with Gasteiger partial charge in [-0.25, -0.2) is 0 Å². The van der Waals surface area contributed by atoms with E-state index in [1.165, 1.54) is 10.9 Å². The molecule has 2 rings (SSSR count). The predicted octanol–water partition coefficient (Wildman–Crippen LogP) is 4.60. The summed E-state index contributed by atoms with van der Waals surface area (Å²) in [6, 6.07) is 8.59. The van der Waals surface area contributed by atoms with Crippen LogP contribution in [-0.2, 0) is 4.74 Å². The summed E-state index contributed by atoms with van der Waals surface area (Å²) in [6.07, 6.45) is 1.98. The summed E-state index contributed by atoms with van der Waals surface area (Å²) in [7, 11) is 1.76. The second kappa shape index (κ2) is 6.63. The van der Waals surface area contributed by atoms with Crippen molar-refractivity contribution in [1.82, 2.24) is 5.32 Å². The molecule has 0 bridgehead atoms. The fraction of sp³-hybridized carbons (Fsp3) is 0.556. The van der Waals surface area contributed by atoms with Crippen LogP contribution in [0.4, 0.5) is 0 Å². The number of para-hydroxylation sites is 1. The van der Waals surface area contributed by atoms with E-state index in [1.807, 2.05) is 0 Å². The van der Waals surface area contributed by atoms with E-state index in [1.54, 1.807) is 7.11 Å². The highest BCUT2D eigenvalue weighted by Crippen LogP contribution is 2.31. The van der Waals surface area contributed by atoms with Gasteiger partial charge in [-0.1, -0.05) is 25.1 Å². The topological polar surface area (TPSA) is 34.4 Å². The van der Waals surface area contributed by atoms with Crippen LogP contribution in [0.2, 0.25) is 0 Å². The van der Waals surface area contributed by atoms with Crippen LogP contribution in [0.25, 0.3) is 11.0 Å². The van der Waals surface area contributed by atoms with Crippen molar-refractivity contribution in [2.75, 3.05) is 13.7 Å². The van der Waals surface area contributed by atoms with Crippen LogP contribution in [0.5, 0.6) is 0 Å². The fourth-order valence-corrected chi connectivity index (χ4v) is 2.57. The average Bonchev–Trinajstić information content (AvgIpc) is 2.89. The van der Waals surface area contributed by atoms with Gasteiger partial charge in [-0.15, -0.1) is 0 Å². The maximum absolute atomic E-state index is 6.13. The van der Waals surface area contributed by atoms with Crippen molar-refractivity contribution in [2.24, 2.45) is 0 Å². The highest BCUT2D eigenvalue weighted by molar-refractivity contribution is 5.81. The highest BCUT2D eigenvalue weighted by Gasteiger charge is 2.26. The molecule has 116 valence electrons. The smallest absolute Gasteiger partial charge is 0.137 e. The summed E-state index contributed by atoms with van der Waals surface area (Å²) in [5.41, 5.74) is 1.99. The normalized spacial score (nSPS) is 13.8. The largest absolute Gasteiger partial charge is 0.459 e. The Kier molecular flexibility index (Phi) is 5.07. The maximum atomic E-state index is 6.13. The van der Waals surface area contributed by atoms with E-state index in [0.717, 1.165) is 30.7 Å². The van der Waals surface area contributed by atoms with Gasteiger partial charge in [-0.05, 0) is 51.8 Å². The van der Waals surface area contributed by atoms with Gasteiger partial charge in [0, 0.05) is 12.5 Å². The number of rotatable bonds is 7. The first-order valence-corrected chi connectivity index (χ1v) is 7.74. The van der Waals surface area contributed by atoms with Gasteiger partial charge in [0.05, 0.1) is 11.6 Å². The molecule has 3 heteroatoms. The Labute approximate surface area is 127 Å². The number of fused-ring (bicyclic) bond motifs is 1. The van der Waals surface area contributed by atoms with E-state index in [-0.39, 0.29) is 11.6 Å². The van der Waals surface area contributed by atoms with E-state index in [9.17, 15) is 0 Å². The standard InChI is InChI=1S/C18H27NO2/c1-6-10-19-15(12-18(3,4)20-5)16-11-14-9-7-8-13(2)17(14)21-16/h7-9,11,15,19H,6,10,12H2,1-5H3. The van der Waals surface area contributed by atoms with Crippen LogP contribution >= 0.6 is 0 Å². The summed E-state index contributed by atoms with van der Waals surface area (Å²) < 4.78 is 11.7. The third-order valence-electron chi connectivity index (χ3n) is 3.99. The first-order chi connectivity index (χ1) is 9.96. The van der Waals surface area contributed by atoms with E-state index in [4.69, 9.17) is 9.15 Å². The molecule has 0 spiro atoms. The third-order valence-corrected chi connectivity index (χ3v) is 3.99. The Hall–Kier alpha value is -1.32. The predicted molar refractivity (Wildman–Crippen MR) is 87.7 cm³/mol. The monoisotopic (exact) mass is 289 g/mol. The van der Waals surface area contributed by atoms with Crippen LogP contribution in [0, 0.1) is 6.92 Å². The molecule has 0 saturated carbocycles. The van der Waals surface area contributed by atoms with Crippen LogP contribution in [0.3, 0.4) is 0 Å². The lowest BCUT2D eigenvalue weighted by molar-refractivity contribution is 0.00516. The zero-order valence-electron chi connectivity index (χ0n) is 13.8. The fourth-order valence-electron chi connectivity index (χ4n) is 2.57. The van der Waals surface area contributed by atoms with Crippen LogP contribution in [-0.4, -0.2) is 19.3 Å². The average molecular weight is 289 g/mol. The Morgan fingerprint density at radius 3 is 2.71 bits per heavy atom. The molecule has 2 aromatic rings. The summed E-state index contributed by atoms with van der Waals surface area (Å²) in [4.78, 5) is 0. The lowest BCUT2D eigenvalue weighted by Crippen LogP contribution is -2.32. The Balaban J connectivity index is 2.31. The van der Waals surface area contributed by atoms with Gasteiger partial charge in [0.25, 0.3) is 0 Å². The van der Waals surface area contributed by atoms with E-state index in [2.05, 4.69) is 57.3 Å². The molecule has 1 aromatic carbocycles. The van der Waals surface area contributed by atoms with E-state index < -0.39 is 0 Å². The quantitative estimate of drug-likeness (QED) is 0.809. The zero-order chi connectivity index (χ0) is 15.5. The molecule has 0 aliphatic rings. The molecule has 0 aliphatic heterocycles. The molecule has 0 radical (unpaired) electrons. The number of methoxy groups -OCH3 is 1. The molecule has 1 atom stereocenters. The molecule has 0 amide bonds. The van der Waals surface area contributed by atoms with Crippen molar-refractivity contribution in [3.05, 3.63) is 35.6 Å². The van der Waals surface area contributed by atoms with Crippen molar-refractivity contribution in [1.29, 1.82) is 0 Å². The summed E-state index contributed by atoms with van der Waals surface area (Å²) >= 11 is 0. The first kappa shape index (κ1) is 16.1. The minimum Gasteiger partial charge on any atom is -0.459 e. The Bertz CT molecular complexity index is 586. The van der Waals surface area contributed by atoms with Gasteiger partial charge in [0.1, 0.15) is 11.3 Å². The lowest BCUT2D eigenvalue weighted by atomic mass is 9.97. The molecule has 1 heterocycles. The van der Waals surface area contributed by atoms with Gasteiger partial charge >= 0.3 is 0 Å². The zero-order valence-corrected chi connectivity index (χ0v) is 13.8. The summed E-state index contributed by atoms with van der Waals surface area (Å²) in [6.45, 7) is 9.46. The number of hydrogen-bond donors (Lipinski definition) is 1. The van der Waals surface area contributed by atoms with Crippen LogP contribution in [0.15, 0.2) is 28.7 Å². The third kappa shape index (κ3) is 3.86. The number of benzene rings is 1. The van der Waals surface area contributed by atoms with Crippen LogP contribution in [0.1, 0.15) is 51.0 Å². The highest BCUT2D eigenvalue weighted by atomic mass is 16.5. The van der Waals surface area contributed by atoms with Gasteiger partial charge in [0.2, 0.25) is 0 Å². The molecule has 0 saturated heterocycles. The number of nitrogens with one attached hydrogen (secondary N) is 1. The maximum Gasteiger partial charge on any atom is 0.137 e. The van der Waals surface area contributed by atoms with E-state index >= 15 is 0 Å². The van der Waals surface area contributed by atoms with Gasteiger partial charge < -0.3 is 14.5 Å². The first-order valence-electron chi connectivity index (χ1n) is 7.74. The minimum absolute atomic E-state index is 0.173. The second-order valence-corrected chi connectivity index (χ2v) is 6.32. The van der Waals surface area contributed by atoms with Crippen molar-refractivity contribution < 1.29 is 9.15 Å². The van der Waals surface area contributed by atoms with Crippen molar-refractivity contribution in [2.45, 2.75) is 52.2 Å². The van der Waals surface area contributed by atoms with Crippen molar-refractivity contribution in [3.8, 4) is 0 Å². The number of aryl methyl sites for hydroxylation is 1. The number of ether oxygens (including phenoxy) is 1. The molecule has 3 nitrogen and oxygen atoms in total. The van der Waals surface area contributed by atoms with Crippen molar-refractivity contribution >= 4 is 11.0 Å². The summed E-state index contributed by atoms with van der Waals surface area (Å²) in [5.74, 6) is 0.998. The van der Waals surface area contributed by atoms with Gasteiger partial charge in [-0.2, -0.15) is 0 Å². The molecule has 1 N–H and O–H groups in total. The molecule has 21 heavy (non-hydrogen) atoms. The molecule has 1 unspecified atom stereocenters.